The van der Waals surface area contributed by atoms with Crippen molar-refractivity contribution in [2.75, 3.05) is 32.7 Å². The lowest BCUT2D eigenvalue weighted by molar-refractivity contribution is 0.0702. The fraction of sp³-hybridized carbons (Fsp3) is 0.353. The van der Waals surface area contributed by atoms with E-state index in [9.17, 15) is 13.2 Å². The molecule has 8 heteroatoms. The minimum absolute atomic E-state index is 0.0417. The topological polar surface area (TPSA) is 77.9 Å². The van der Waals surface area contributed by atoms with Gasteiger partial charge in [-0.25, -0.2) is 13.2 Å². The molecule has 0 amide bonds. The lowest BCUT2D eigenvalue weighted by Gasteiger charge is -2.33. The Hall–Kier alpha value is -1.74. The zero-order chi connectivity index (χ0) is 17.9. The van der Waals surface area contributed by atoms with Crippen molar-refractivity contribution in [2.45, 2.75) is 11.3 Å². The molecule has 0 radical (unpaired) electrons. The maximum absolute atomic E-state index is 12.6. The van der Waals surface area contributed by atoms with Gasteiger partial charge >= 0.3 is 5.97 Å². The largest absolute Gasteiger partial charge is 0.477 e. The fourth-order valence-corrected chi connectivity index (χ4v) is 5.36. The molecule has 1 aliphatic rings. The van der Waals surface area contributed by atoms with Crippen molar-refractivity contribution in [1.29, 1.82) is 0 Å². The van der Waals surface area contributed by atoms with Crippen LogP contribution in [0.2, 0.25) is 0 Å². The number of thiophene rings is 1. The van der Waals surface area contributed by atoms with Crippen molar-refractivity contribution >= 4 is 27.3 Å². The summed E-state index contributed by atoms with van der Waals surface area (Å²) in [6, 6.07) is 11.5. The third-order valence-corrected chi connectivity index (χ3v) is 7.26. The Bertz CT molecular complexity index is 825. The van der Waals surface area contributed by atoms with E-state index < -0.39 is 16.0 Å². The second-order valence-electron chi connectivity index (χ2n) is 5.93. The van der Waals surface area contributed by atoms with Crippen molar-refractivity contribution in [3.63, 3.8) is 0 Å². The molecule has 1 fully saturated rings. The SMILES string of the molecule is O=C(O)c1cc(S(=O)(=O)N2CCN(CCc3ccccc3)CC2)cs1. The van der Waals surface area contributed by atoms with Crippen LogP contribution in [0.4, 0.5) is 0 Å². The van der Waals surface area contributed by atoms with Crippen LogP contribution < -0.4 is 0 Å². The molecule has 6 nitrogen and oxygen atoms in total. The number of carboxylic acid groups (broad SMARTS) is 1. The molecule has 0 saturated carbocycles. The normalized spacial score (nSPS) is 16.8. The van der Waals surface area contributed by atoms with Crippen LogP contribution >= 0.6 is 11.3 Å². The summed E-state index contributed by atoms with van der Waals surface area (Å²) in [6.07, 6.45) is 0.945. The van der Waals surface area contributed by atoms with E-state index in [1.807, 2.05) is 18.2 Å². The molecule has 2 heterocycles. The summed E-state index contributed by atoms with van der Waals surface area (Å²) in [5.41, 5.74) is 1.28. The molecule has 1 aromatic heterocycles. The summed E-state index contributed by atoms with van der Waals surface area (Å²) in [7, 11) is -3.61. The average molecular weight is 380 g/mol. The van der Waals surface area contributed by atoms with Crippen LogP contribution in [0.1, 0.15) is 15.2 Å². The van der Waals surface area contributed by atoms with E-state index >= 15 is 0 Å². The molecule has 1 saturated heterocycles. The van der Waals surface area contributed by atoms with Gasteiger partial charge in [-0.2, -0.15) is 4.31 Å². The molecule has 1 aliphatic heterocycles. The lowest BCUT2D eigenvalue weighted by atomic mass is 10.1. The summed E-state index contributed by atoms with van der Waals surface area (Å²) >= 11 is 0.939. The predicted molar refractivity (Wildman–Crippen MR) is 96.6 cm³/mol. The van der Waals surface area contributed by atoms with Gasteiger partial charge in [0.25, 0.3) is 0 Å². The number of sulfonamides is 1. The smallest absolute Gasteiger partial charge is 0.345 e. The first-order chi connectivity index (χ1) is 12.0. The van der Waals surface area contributed by atoms with Crippen LogP contribution in [0.25, 0.3) is 0 Å². The molecule has 0 bridgehead atoms. The van der Waals surface area contributed by atoms with Crippen molar-refractivity contribution in [3.05, 3.63) is 52.2 Å². The lowest BCUT2D eigenvalue weighted by Crippen LogP contribution is -2.48. The van der Waals surface area contributed by atoms with E-state index in [0.29, 0.717) is 26.2 Å². The highest BCUT2D eigenvalue weighted by molar-refractivity contribution is 7.89. The molecule has 0 atom stereocenters. The molecule has 134 valence electrons. The highest BCUT2D eigenvalue weighted by atomic mass is 32.2. The summed E-state index contributed by atoms with van der Waals surface area (Å²) < 4.78 is 26.7. The van der Waals surface area contributed by atoms with E-state index in [4.69, 9.17) is 5.11 Å². The number of benzene rings is 1. The Morgan fingerprint density at radius 1 is 1.12 bits per heavy atom. The van der Waals surface area contributed by atoms with Gasteiger partial charge in [-0.05, 0) is 18.1 Å². The number of carboxylic acids is 1. The van der Waals surface area contributed by atoms with Gasteiger partial charge in [0.2, 0.25) is 10.0 Å². The van der Waals surface area contributed by atoms with Crippen LogP contribution in [0, 0.1) is 0 Å². The highest BCUT2D eigenvalue weighted by Crippen LogP contribution is 2.23. The van der Waals surface area contributed by atoms with Gasteiger partial charge in [-0.3, -0.25) is 0 Å². The Labute approximate surface area is 151 Å². The quantitative estimate of drug-likeness (QED) is 0.829. The Kier molecular flexibility index (Phi) is 5.53. The third kappa shape index (κ3) is 4.27. The van der Waals surface area contributed by atoms with E-state index in [0.717, 1.165) is 24.3 Å². The zero-order valence-electron chi connectivity index (χ0n) is 13.7. The standard InChI is InChI=1S/C17H20N2O4S2/c20-17(21)16-12-15(13-24-16)25(22,23)19-10-8-18(9-11-19)7-6-14-4-2-1-3-5-14/h1-5,12-13H,6-11H2,(H,20,21). The molecule has 1 N–H and O–H groups in total. The number of nitrogens with zero attached hydrogens (tertiary/aromatic N) is 2. The van der Waals surface area contributed by atoms with Gasteiger partial charge in [0.15, 0.2) is 0 Å². The number of hydrogen-bond donors (Lipinski definition) is 1. The summed E-state index contributed by atoms with van der Waals surface area (Å²) in [5.74, 6) is -1.10. The molecular weight excluding hydrogens is 360 g/mol. The number of aromatic carboxylic acids is 1. The third-order valence-electron chi connectivity index (χ3n) is 4.31. The maximum atomic E-state index is 12.6. The van der Waals surface area contributed by atoms with Gasteiger partial charge < -0.3 is 10.0 Å². The minimum atomic E-state index is -3.61. The molecule has 0 aliphatic carbocycles. The van der Waals surface area contributed by atoms with Gasteiger partial charge in [-0.1, -0.05) is 30.3 Å². The summed E-state index contributed by atoms with van der Waals surface area (Å²) in [6.45, 7) is 3.12. The van der Waals surface area contributed by atoms with Gasteiger partial charge in [0.05, 0.1) is 4.90 Å². The minimum Gasteiger partial charge on any atom is -0.477 e. The van der Waals surface area contributed by atoms with Crippen molar-refractivity contribution in [3.8, 4) is 0 Å². The van der Waals surface area contributed by atoms with Crippen LogP contribution in [0.3, 0.4) is 0 Å². The van der Waals surface area contributed by atoms with Crippen LogP contribution in [0.5, 0.6) is 0 Å². The monoisotopic (exact) mass is 380 g/mol. The van der Waals surface area contributed by atoms with Crippen molar-refractivity contribution in [1.82, 2.24) is 9.21 Å². The molecular formula is C17H20N2O4S2. The molecule has 0 spiro atoms. The molecule has 3 rings (SSSR count). The van der Waals surface area contributed by atoms with E-state index in [2.05, 4.69) is 17.0 Å². The van der Waals surface area contributed by atoms with E-state index in [1.54, 1.807) is 0 Å². The average Bonchev–Trinajstić information content (AvgIpc) is 3.12. The highest BCUT2D eigenvalue weighted by Gasteiger charge is 2.29. The van der Waals surface area contributed by atoms with Crippen molar-refractivity contribution in [2.24, 2.45) is 0 Å². The molecule has 2 aromatic rings. The number of hydrogen-bond acceptors (Lipinski definition) is 5. The van der Waals surface area contributed by atoms with Crippen LogP contribution in [-0.2, 0) is 16.4 Å². The molecule has 0 unspecified atom stereocenters. The van der Waals surface area contributed by atoms with Gasteiger partial charge in [-0.15, -0.1) is 11.3 Å². The summed E-state index contributed by atoms with van der Waals surface area (Å²) in [5, 5.41) is 10.4. The number of carbonyl (C=O) groups is 1. The Balaban J connectivity index is 1.56. The van der Waals surface area contributed by atoms with Crippen LogP contribution in [-0.4, -0.2) is 61.4 Å². The second kappa shape index (κ2) is 7.65. The van der Waals surface area contributed by atoms with Crippen LogP contribution in [0.15, 0.2) is 46.7 Å². The van der Waals surface area contributed by atoms with Gasteiger partial charge in [0, 0.05) is 38.1 Å². The number of rotatable bonds is 6. The predicted octanol–water partition coefficient (Wildman–Crippen LogP) is 2.00. The second-order valence-corrected chi connectivity index (χ2v) is 8.78. The first kappa shape index (κ1) is 18.1. The Morgan fingerprint density at radius 3 is 2.40 bits per heavy atom. The van der Waals surface area contributed by atoms with E-state index in [1.165, 1.54) is 21.3 Å². The first-order valence-electron chi connectivity index (χ1n) is 8.05. The van der Waals surface area contributed by atoms with Crippen molar-refractivity contribution < 1.29 is 18.3 Å². The molecule has 25 heavy (non-hydrogen) atoms. The molecule has 1 aromatic carbocycles. The maximum Gasteiger partial charge on any atom is 0.345 e. The van der Waals surface area contributed by atoms with E-state index in [-0.39, 0.29) is 9.77 Å². The zero-order valence-corrected chi connectivity index (χ0v) is 15.3. The Morgan fingerprint density at radius 2 is 1.80 bits per heavy atom. The fourth-order valence-electron chi connectivity index (χ4n) is 2.84. The summed E-state index contributed by atoms with van der Waals surface area (Å²) in [4.78, 5) is 13.3. The van der Waals surface area contributed by atoms with Gasteiger partial charge in [0.1, 0.15) is 4.88 Å². The first-order valence-corrected chi connectivity index (χ1v) is 10.4. The number of piperazine rings is 1.